The van der Waals surface area contributed by atoms with Crippen LogP contribution in [0, 0.1) is 11.3 Å². The van der Waals surface area contributed by atoms with E-state index in [0.717, 1.165) is 30.1 Å². The van der Waals surface area contributed by atoms with Gasteiger partial charge in [0.25, 0.3) is 0 Å². The van der Waals surface area contributed by atoms with E-state index in [4.69, 9.17) is 21.3 Å². The molecule has 2 heterocycles. The molecule has 6 nitrogen and oxygen atoms in total. The van der Waals surface area contributed by atoms with E-state index in [1.165, 1.54) is 0 Å². The molecule has 0 aliphatic carbocycles. The Labute approximate surface area is 194 Å². The van der Waals surface area contributed by atoms with E-state index in [2.05, 4.69) is 17.1 Å². The van der Waals surface area contributed by atoms with Gasteiger partial charge in [0, 0.05) is 30.7 Å². The lowest BCUT2D eigenvalue weighted by Gasteiger charge is -2.46. The molecule has 2 aromatic rings. The van der Waals surface area contributed by atoms with Crippen molar-refractivity contribution in [1.82, 2.24) is 10.2 Å². The van der Waals surface area contributed by atoms with Crippen molar-refractivity contribution in [3.8, 4) is 11.5 Å². The van der Waals surface area contributed by atoms with Crippen LogP contribution in [0.5, 0.6) is 11.5 Å². The highest BCUT2D eigenvalue weighted by atomic mass is 35.5. The summed E-state index contributed by atoms with van der Waals surface area (Å²) in [7, 11) is 0. The SMILES string of the molecule is CCC(C)C(CC)(C(=O)O)C1CN(C2=Nc3cc(Cl)ccc3Oc3ccccc32)CCN1. The molecular weight excluding hydrogens is 426 g/mol. The largest absolute Gasteiger partial charge is 0.481 e. The third kappa shape index (κ3) is 3.86. The Balaban J connectivity index is 1.77. The first-order valence-corrected chi connectivity index (χ1v) is 11.7. The van der Waals surface area contributed by atoms with Crippen LogP contribution in [0.4, 0.5) is 5.69 Å². The normalized spacial score (nSPS) is 20.7. The van der Waals surface area contributed by atoms with Crippen molar-refractivity contribution in [1.29, 1.82) is 0 Å². The number of amidine groups is 1. The molecule has 7 heteroatoms. The monoisotopic (exact) mass is 455 g/mol. The Morgan fingerprint density at radius 1 is 1.31 bits per heavy atom. The molecule has 0 radical (unpaired) electrons. The number of nitrogens with one attached hydrogen (secondary N) is 1. The Kier molecular flexibility index (Phi) is 6.45. The number of nitrogens with zero attached hydrogens (tertiary/aromatic N) is 2. The van der Waals surface area contributed by atoms with Crippen molar-refractivity contribution in [3.05, 3.63) is 53.1 Å². The van der Waals surface area contributed by atoms with E-state index < -0.39 is 11.4 Å². The molecule has 3 atom stereocenters. The van der Waals surface area contributed by atoms with Gasteiger partial charge in [0.05, 0.1) is 11.0 Å². The second kappa shape index (κ2) is 9.12. The minimum absolute atomic E-state index is 0.0358. The van der Waals surface area contributed by atoms with Gasteiger partial charge >= 0.3 is 5.97 Å². The maximum absolute atomic E-state index is 12.6. The zero-order valence-electron chi connectivity index (χ0n) is 18.8. The maximum Gasteiger partial charge on any atom is 0.311 e. The molecule has 4 rings (SSSR count). The van der Waals surface area contributed by atoms with E-state index in [1.54, 1.807) is 12.1 Å². The van der Waals surface area contributed by atoms with Crippen LogP contribution < -0.4 is 10.1 Å². The molecular formula is C25H30ClN3O3. The molecule has 0 spiro atoms. The van der Waals surface area contributed by atoms with E-state index in [-0.39, 0.29) is 12.0 Å². The fraction of sp³-hybridized carbons (Fsp3) is 0.440. The average Bonchev–Trinajstić information content (AvgIpc) is 2.96. The van der Waals surface area contributed by atoms with Gasteiger partial charge in [-0.15, -0.1) is 0 Å². The number of piperazine rings is 1. The molecule has 1 fully saturated rings. The number of aliphatic carboxylic acids is 1. The van der Waals surface area contributed by atoms with E-state index in [0.29, 0.717) is 36.0 Å². The molecule has 170 valence electrons. The topological polar surface area (TPSA) is 74.2 Å². The van der Waals surface area contributed by atoms with Crippen molar-refractivity contribution >= 4 is 29.1 Å². The fourth-order valence-electron chi connectivity index (χ4n) is 5.04. The molecule has 3 unspecified atom stereocenters. The zero-order chi connectivity index (χ0) is 22.9. The van der Waals surface area contributed by atoms with E-state index in [9.17, 15) is 9.90 Å². The number of carboxylic acid groups (broad SMARTS) is 1. The number of carboxylic acids is 1. The van der Waals surface area contributed by atoms with Gasteiger partial charge in [0.2, 0.25) is 0 Å². The van der Waals surface area contributed by atoms with Crippen molar-refractivity contribution < 1.29 is 14.6 Å². The minimum atomic E-state index is -0.851. The third-order valence-corrected chi connectivity index (χ3v) is 7.30. The molecule has 0 aromatic heterocycles. The molecule has 0 bridgehead atoms. The number of rotatable bonds is 5. The summed E-state index contributed by atoms with van der Waals surface area (Å²) in [6.07, 6.45) is 1.37. The lowest BCUT2D eigenvalue weighted by atomic mass is 9.67. The van der Waals surface area contributed by atoms with E-state index in [1.807, 2.05) is 44.2 Å². The first-order chi connectivity index (χ1) is 15.4. The van der Waals surface area contributed by atoms with Gasteiger partial charge in [0.1, 0.15) is 17.3 Å². The van der Waals surface area contributed by atoms with Crippen LogP contribution in [0.25, 0.3) is 0 Å². The number of halogens is 1. The van der Waals surface area contributed by atoms with Gasteiger partial charge in [0.15, 0.2) is 5.75 Å². The van der Waals surface area contributed by atoms with Gasteiger partial charge in [-0.1, -0.05) is 50.9 Å². The summed E-state index contributed by atoms with van der Waals surface area (Å²) in [5, 5.41) is 14.4. The number of ether oxygens (including phenoxy) is 1. The van der Waals surface area contributed by atoms with Crippen LogP contribution in [0.15, 0.2) is 47.5 Å². The molecule has 1 saturated heterocycles. The van der Waals surface area contributed by atoms with Crippen LogP contribution in [0.3, 0.4) is 0 Å². The van der Waals surface area contributed by atoms with E-state index >= 15 is 0 Å². The van der Waals surface area contributed by atoms with Gasteiger partial charge in [-0.3, -0.25) is 4.79 Å². The number of hydrogen-bond donors (Lipinski definition) is 2. The Bertz CT molecular complexity index is 1040. The number of para-hydroxylation sites is 1. The van der Waals surface area contributed by atoms with Crippen molar-refractivity contribution in [2.24, 2.45) is 16.3 Å². The summed E-state index contributed by atoms with van der Waals surface area (Å²) in [5.41, 5.74) is 0.706. The van der Waals surface area contributed by atoms with Crippen LogP contribution in [-0.2, 0) is 4.79 Å². The summed E-state index contributed by atoms with van der Waals surface area (Å²) >= 11 is 6.25. The second-order valence-electron chi connectivity index (χ2n) is 8.61. The van der Waals surface area contributed by atoms with Gasteiger partial charge in [-0.25, -0.2) is 4.99 Å². The van der Waals surface area contributed by atoms with Crippen molar-refractivity contribution in [2.45, 2.75) is 39.7 Å². The standard InChI is InChI=1S/C25H30ClN3O3/c1-4-16(3)25(5-2,24(30)31)22-15-29(13-12-27-22)23-18-8-6-7-9-20(18)32-21-11-10-17(26)14-19(21)28-23/h6-11,14,16,22,27H,4-5,12-13,15H2,1-3H3,(H,30,31). The van der Waals surface area contributed by atoms with Crippen LogP contribution in [0.1, 0.15) is 39.2 Å². The zero-order valence-corrected chi connectivity index (χ0v) is 19.5. The maximum atomic E-state index is 12.6. The Morgan fingerprint density at radius 3 is 2.81 bits per heavy atom. The molecule has 2 N–H and O–H groups in total. The summed E-state index contributed by atoms with van der Waals surface area (Å²) in [6.45, 7) is 8.03. The fourth-order valence-corrected chi connectivity index (χ4v) is 5.21. The van der Waals surface area contributed by atoms with Crippen LogP contribution in [-0.4, -0.2) is 47.5 Å². The minimum Gasteiger partial charge on any atom is -0.481 e. The number of carbonyl (C=O) groups is 1. The van der Waals surface area contributed by atoms with Gasteiger partial charge in [-0.05, 0) is 42.7 Å². The quantitative estimate of drug-likeness (QED) is 0.637. The second-order valence-corrected chi connectivity index (χ2v) is 9.04. The summed E-state index contributed by atoms with van der Waals surface area (Å²) in [4.78, 5) is 19.7. The average molecular weight is 456 g/mol. The smallest absolute Gasteiger partial charge is 0.311 e. The predicted molar refractivity (Wildman–Crippen MR) is 127 cm³/mol. The molecule has 2 aliphatic rings. The number of hydrogen-bond acceptors (Lipinski definition) is 5. The first-order valence-electron chi connectivity index (χ1n) is 11.3. The lowest BCUT2D eigenvalue weighted by Crippen LogP contribution is -2.63. The van der Waals surface area contributed by atoms with Crippen molar-refractivity contribution in [2.75, 3.05) is 19.6 Å². The summed E-state index contributed by atoms with van der Waals surface area (Å²) in [5.74, 6) is 1.46. The number of aliphatic imine (C=N–C) groups is 1. The first kappa shape index (κ1) is 22.6. The molecule has 32 heavy (non-hydrogen) atoms. The van der Waals surface area contributed by atoms with Gasteiger partial charge in [-0.2, -0.15) is 0 Å². The van der Waals surface area contributed by atoms with Crippen LogP contribution >= 0.6 is 11.6 Å². The van der Waals surface area contributed by atoms with Gasteiger partial charge < -0.3 is 20.1 Å². The number of fused-ring (bicyclic) bond motifs is 2. The predicted octanol–water partition coefficient (Wildman–Crippen LogP) is 5.32. The highest BCUT2D eigenvalue weighted by Gasteiger charge is 2.49. The molecule has 0 amide bonds. The highest BCUT2D eigenvalue weighted by Crippen LogP contribution is 2.42. The molecule has 0 saturated carbocycles. The van der Waals surface area contributed by atoms with Crippen LogP contribution in [0.2, 0.25) is 5.02 Å². The highest BCUT2D eigenvalue weighted by molar-refractivity contribution is 6.31. The van der Waals surface area contributed by atoms with Crippen molar-refractivity contribution in [3.63, 3.8) is 0 Å². The Hall–Kier alpha value is -2.57. The number of benzene rings is 2. The summed E-state index contributed by atoms with van der Waals surface area (Å²) in [6, 6.07) is 13.1. The third-order valence-electron chi connectivity index (χ3n) is 7.07. The molecule has 2 aromatic carbocycles. The lowest BCUT2D eigenvalue weighted by molar-refractivity contribution is -0.156. The molecule has 2 aliphatic heterocycles. The summed E-state index contributed by atoms with van der Waals surface area (Å²) < 4.78 is 6.18. The Morgan fingerprint density at radius 2 is 2.09 bits per heavy atom.